The Morgan fingerprint density at radius 1 is 0.293 bits per heavy atom. The Labute approximate surface area is 335 Å². The highest BCUT2D eigenvalue weighted by Crippen LogP contribution is 2.43. The molecule has 12 rings (SSSR count). The van der Waals surface area contributed by atoms with Crippen molar-refractivity contribution in [3.63, 3.8) is 0 Å². The van der Waals surface area contributed by atoms with Crippen LogP contribution in [0.3, 0.4) is 0 Å². The molecule has 12 aromatic rings. The summed E-state index contributed by atoms with van der Waals surface area (Å²) in [6, 6.07) is 76.8. The van der Waals surface area contributed by atoms with Crippen molar-refractivity contribution in [1.82, 2.24) is 14.0 Å². The Morgan fingerprint density at radius 2 is 0.828 bits per heavy atom. The summed E-state index contributed by atoms with van der Waals surface area (Å²) in [7, 11) is 0. The zero-order valence-electron chi connectivity index (χ0n) is 31.5. The van der Waals surface area contributed by atoms with E-state index >= 15 is 0 Å². The molecule has 0 aliphatic heterocycles. The second-order valence-electron chi connectivity index (χ2n) is 15.2. The predicted octanol–water partition coefficient (Wildman–Crippen LogP) is 14.6. The smallest absolute Gasteiger partial charge is 0.138 e. The van der Waals surface area contributed by atoms with Crippen LogP contribution in [0.1, 0.15) is 0 Å². The minimum atomic E-state index is 0.882. The minimum absolute atomic E-state index is 0.882. The molecular weight excluding hydrogens is 703 g/mol. The lowest BCUT2D eigenvalue weighted by molar-refractivity contribution is 1.08. The van der Waals surface area contributed by atoms with Gasteiger partial charge in [-0.05, 0) is 88.0 Å². The third kappa shape index (κ3) is 5.04. The fourth-order valence-electron chi connectivity index (χ4n) is 9.24. The van der Waals surface area contributed by atoms with E-state index in [9.17, 15) is 0 Å². The van der Waals surface area contributed by atoms with E-state index in [0.29, 0.717) is 0 Å². The first-order valence-electron chi connectivity index (χ1n) is 19.9. The molecule has 0 unspecified atom stereocenters. The van der Waals surface area contributed by atoms with E-state index in [1.54, 1.807) is 0 Å². The third-order valence-electron chi connectivity index (χ3n) is 11.8. The van der Waals surface area contributed by atoms with Crippen LogP contribution in [0.4, 0.5) is 0 Å². The number of nitrogens with zero attached hydrogens (tertiary/aromatic N) is 3. The summed E-state index contributed by atoms with van der Waals surface area (Å²) in [5, 5.41) is 7.42. The van der Waals surface area contributed by atoms with Crippen LogP contribution in [-0.2, 0) is 0 Å². The number of hydrogen-bond donors (Lipinski definition) is 0. The van der Waals surface area contributed by atoms with Gasteiger partial charge >= 0.3 is 0 Å². The second kappa shape index (κ2) is 12.9. The molecule has 0 saturated carbocycles. The van der Waals surface area contributed by atoms with Crippen molar-refractivity contribution in [3.05, 3.63) is 212 Å². The highest BCUT2D eigenvalue weighted by atomic mass is 15.1. The molecule has 4 aromatic heterocycles. The van der Waals surface area contributed by atoms with Crippen molar-refractivity contribution in [3.8, 4) is 50.5 Å². The van der Waals surface area contributed by atoms with Gasteiger partial charge in [0.1, 0.15) is 5.82 Å². The monoisotopic (exact) mass is 737 g/mol. The summed E-state index contributed by atoms with van der Waals surface area (Å²) in [5.41, 5.74) is 14.9. The van der Waals surface area contributed by atoms with Gasteiger partial charge in [-0.1, -0.05) is 158 Å². The first-order valence-corrected chi connectivity index (χ1v) is 19.9. The van der Waals surface area contributed by atoms with Crippen molar-refractivity contribution in [1.29, 1.82) is 0 Å². The quantitative estimate of drug-likeness (QED) is 0.161. The van der Waals surface area contributed by atoms with Gasteiger partial charge in [-0.3, -0.25) is 4.57 Å². The highest BCUT2D eigenvalue weighted by molar-refractivity contribution is 6.31. The largest absolute Gasteiger partial charge is 0.309 e. The van der Waals surface area contributed by atoms with Crippen molar-refractivity contribution >= 4 is 59.9 Å². The van der Waals surface area contributed by atoms with Gasteiger partial charge in [-0.25, -0.2) is 4.98 Å². The topological polar surface area (TPSA) is 22.2 Å². The molecule has 0 amide bonds. The van der Waals surface area contributed by atoms with Gasteiger partial charge in [0.2, 0.25) is 0 Å². The molecule has 0 aliphatic carbocycles. The molecular formula is C55H35N3. The predicted molar refractivity (Wildman–Crippen MR) is 244 cm³/mol. The Bertz CT molecular complexity index is 3460. The molecule has 8 aromatic carbocycles. The van der Waals surface area contributed by atoms with Gasteiger partial charge in [-0.2, -0.15) is 0 Å². The maximum atomic E-state index is 5.57. The van der Waals surface area contributed by atoms with E-state index in [0.717, 1.165) is 44.8 Å². The van der Waals surface area contributed by atoms with Crippen molar-refractivity contribution in [2.45, 2.75) is 0 Å². The fraction of sp³-hybridized carbons (Fsp3) is 0. The van der Waals surface area contributed by atoms with Crippen LogP contribution in [0.5, 0.6) is 0 Å². The summed E-state index contributed by atoms with van der Waals surface area (Å²) >= 11 is 0. The highest BCUT2D eigenvalue weighted by Gasteiger charge is 2.21. The van der Waals surface area contributed by atoms with E-state index < -0.39 is 0 Å². The van der Waals surface area contributed by atoms with Crippen LogP contribution >= 0.6 is 0 Å². The number of fused-ring (bicyclic) bond motifs is 12. The molecule has 0 atom stereocenters. The summed E-state index contributed by atoms with van der Waals surface area (Å²) in [4.78, 5) is 5.57. The maximum Gasteiger partial charge on any atom is 0.138 e. The van der Waals surface area contributed by atoms with Crippen LogP contribution in [-0.4, -0.2) is 14.0 Å². The molecule has 0 radical (unpaired) electrons. The second-order valence-corrected chi connectivity index (χ2v) is 15.2. The molecule has 270 valence electrons. The number of benzene rings is 8. The fourth-order valence-corrected chi connectivity index (χ4v) is 9.24. The Kier molecular flexibility index (Phi) is 7.23. The first kappa shape index (κ1) is 32.5. The molecule has 4 heterocycles. The normalized spacial score (nSPS) is 11.8. The third-order valence-corrected chi connectivity index (χ3v) is 11.8. The van der Waals surface area contributed by atoms with Crippen molar-refractivity contribution < 1.29 is 0 Å². The zero-order valence-corrected chi connectivity index (χ0v) is 31.5. The van der Waals surface area contributed by atoms with E-state index in [1.165, 1.54) is 65.6 Å². The SMILES string of the molecule is c1ccc(-c2cccc(-c3cc(-c4cccc(-c5ccccc5)c4)nc(-n4c5ccccc5c5c6c7ccccc7n7c8ccccc8cc7c6ccc54)c3)c2)cc1. The van der Waals surface area contributed by atoms with Crippen molar-refractivity contribution in [2.75, 3.05) is 0 Å². The number of hydrogen-bond acceptors (Lipinski definition) is 1. The minimum Gasteiger partial charge on any atom is -0.309 e. The summed E-state index contributed by atoms with van der Waals surface area (Å²) in [6.45, 7) is 0. The average Bonchev–Trinajstić information content (AvgIpc) is 3.86. The number of para-hydroxylation sites is 3. The standard InChI is InChI=1S/C55H35N3/c1-3-15-36(16-4-1)38-20-13-22-40(31-38)43-33-47(41-23-14-21-39(32-41)37-17-5-2-6-18-37)56-53(35-43)58-50-28-12-9-25-45(50)55-51(58)30-29-46-52-34-42-19-7-10-26-48(42)57(52)49-27-11-8-24-44(49)54(46)55/h1-35H. The molecule has 0 fully saturated rings. The lowest BCUT2D eigenvalue weighted by atomic mass is 9.97. The van der Waals surface area contributed by atoms with E-state index in [4.69, 9.17) is 4.98 Å². The van der Waals surface area contributed by atoms with Crippen molar-refractivity contribution in [2.24, 2.45) is 0 Å². The van der Waals surface area contributed by atoms with Crippen LogP contribution in [0, 0.1) is 0 Å². The molecule has 58 heavy (non-hydrogen) atoms. The number of aromatic nitrogens is 3. The van der Waals surface area contributed by atoms with Gasteiger partial charge in [-0.15, -0.1) is 0 Å². The summed E-state index contributed by atoms with van der Waals surface area (Å²) < 4.78 is 4.81. The molecule has 0 aliphatic rings. The molecule has 0 N–H and O–H groups in total. The number of pyridine rings is 2. The van der Waals surface area contributed by atoms with E-state index in [-0.39, 0.29) is 0 Å². The number of rotatable bonds is 5. The van der Waals surface area contributed by atoms with E-state index in [2.05, 4.69) is 221 Å². The van der Waals surface area contributed by atoms with Gasteiger partial charge in [0.25, 0.3) is 0 Å². The average molecular weight is 738 g/mol. The van der Waals surface area contributed by atoms with E-state index in [1.807, 2.05) is 0 Å². The molecule has 0 saturated heterocycles. The Hall–Kier alpha value is -7.75. The molecule has 0 bridgehead atoms. The summed E-state index contributed by atoms with van der Waals surface area (Å²) in [5.74, 6) is 0.882. The lowest BCUT2D eigenvalue weighted by Crippen LogP contribution is -2.00. The van der Waals surface area contributed by atoms with Gasteiger partial charge < -0.3 is 4.40 Å². The lowest BCUT2D eigenvalue weighted by Gasteiger charge is -2.15. The molecule has 3 heteroatoms. The van der Waals surface area contributed by atoms with Crippen LogP contribution in [0.15, 0.2) is 212 Å². The van der Waals surface area contributed by atoms with Gasteiger partial charge in [0, 0.05) is 37.9 Å². The van der Waals surface area contributed by atoms with Crippen LogP contribution in [0.2, 0.25) is 0 Å². The Balaban J connectivity index is 1.16. The van der Waals surface area contributed by atoms with Crippen LogP contribution in [0.25, 0.3) is 110 Å². The molecule has 0 spiro atoms. The van der Waals surface area contributed by atoms with Gasteiger partial charge in [0.15, 0.2) is 0 Å². The first-order chi connectivity index (χ1) is 28.8. The molecule has 3 nitrogen and oxygen atoms in total. The van der Waals surface area contributed by atoms with Crippen LogP contribution < -0.4 is 0 Å². The zero-order chi connectivity index (χ0) is 38.2. The summed E-state index contributed by atoms with van der Waals surface area (Å²) in [6.07, 6.45) is 0. The Morgan fingerprint density at radius 3 is 1.55 bits per heavy atom. The van der Waals surface area contributed by atoms with Gasteiger partial charge in [0.05, 0.1) is 33.3 Å². The maximum absolute atomic E-state index is 5.57.